The number of hydrogen-bond acceptors (Lipinski definition) is 4. The van der Waals surface area contributed by atoms with Gasteiger partial charge in [-0.2, -0.15) is 0 Å². The van der Waals surface area contributed by atoms with Crippen LogP contribution in [0.4, 0.5) is 0 Å². The van der Waals surface area contributed by atoms with Crippen LogP contribution in [-0.2, 0) is 17.9 Å². The molecule has 1 N–H and O–H groups in total. The molecular formula is C15H20N4O3. The first-order chi connectivity index (χ1) is 10.7. The van der Waals surface area contributed by atoms with E-state index < -0.39 is 5.69 Å². The first-order valence-corrected chi connectivity index (χ1v) is 7.84. The maximum atomic E-state index is 12.5. The van der Waals surface area contributed by atoms with Crippen molar-refractivity contribution < 1.29 is 4.79 Å². The topological polar surface area (TPSA) is 89.8 Å². The van der Waals surface area contributed by atoms with Gasteiger partial charge in [0.2, 0.25) is 0 Å². The molecule has 0 bridgehead atoms. The molecule has 1 saturated carbocycles. The fraction of sp³-hybridized carbons (Fsp3) is 0.600. The number of nitrogens with zero attached hydrogens (tertiary/aromatic N) is 3. The highest BCUT2D eigenvalue weighted by molar-refractivity contribution is 5.71. The van der Waals surface area contributed by atoms with E-state index in [2.05, 4.69) is 9.97 Å². The number of aromatic amines is 1. The third-order valence-electron chi connectivity index (χ3n) is 4.33. The van der Waals surface area contributed by atoms with Gasteiger partial charge in [0.25, 0.3) is 5.56 Å². The Kier molecular flexibility index (Phi) is 3.96. The molecule has 0 saturated heterocycles. The first-order valence-electron chi connectivity index (χ1n) is 7.84. The van der Waals surface area contributed by atoms with Crippen molar-refractivity contribution in [3.8, 4) is 0 Å². The van der Waals surface area contributed by atoms with Crippen LogP contribution in [0.5, 0.6) is 0 Å². The van der Waals surface area contributed by atoms with Gasteiger partial charge in [0.05, 0.1) is 6.54 Å². The van der Waals surface area contributed by atoms with E-state index in [0.29, 0.717) is 36.3 Å². The largest absolute Gasteiger partial charge is 0.336 e. The van der Waals surface area contributed by atoms with Crippen molar-refractivity contribution in [1.82, 2.24) is 19.1 Å². The van der Waals surface area contributed by atoms with E-state index in [1.54, 1.807) is 0 Å². The van der Waals surface area contributed by atoms with Crippen LogP contribution < -0.4 is 11.2 Å². The quantitative estimate of drug-likeness (QED) is 0.839. The van der Waals surface area contributed by atoms with Crippen LogP contribution in [0.3, 0.4) is 0 Å². The molecule has 1 aliphatic carbocycles. The van der Waals surface area contributed by atoms with Crippen LogP contribution >= 0.6 is 0 Å². The summed E-state index contributed by atoms with van der Waals surface area (Å²) in [6.45, 7) is 2.15. The molecule has 1 aliphatic rings. The van der Waals surface area contributed by atoms with Crippen LogP contribution in [0.15, 0.2) is 9.59 Å². The summed E-state index contributed by atoms with van der Waals surface area (Å²) in [5.41, 5.74) is -0.176. The van der Waals surface area contributed by atoms with Gasteiger partial charge in [0.1, 0.15) is 17.6 Å². The van der Waals surface area contributed by atoms with Crippen LogP contribution in [0.1, 0.15) is 50.8 Å². The molecular weight excluding hydrogens is 284 g/mol. The maximum absolute atomic E-state index is 12.5. The van der Waals surface area contributed by atoms with Gasteiger partial charge in [-0.3, -0.25) is 13.9 Å². The monoisotopic (exact) mass is 304 g/mol. The van der Waals surface area contributed by atoms with Gasteiger partial charge in [-0.15, -0.1) is 0 Å². The Balaban J connectivity index is 2.25. The number of nitrogens with one attached hydrogen (secondary N) is 1. The summed E-state index contributed by atoms with van der Waals surface area (Å²) in [5, 5.41) is 0. The van der Waals surface area contributed by atoms with Gasteiger partial charge in [-0.05, 0) is 19.3 Å². The SMILES string of the molecule is CCCn1c(=O)c2[nH]c(C3CCCC3)nc2n(CC=O)c1=O. The third kappa shape index (κ3) is 2.30. The summed E-state index contributed by atoms with van der Waals surface area (Å²) in [4.78, 5) is 43.4. The average molecular weight is 304 g/mol. The van der Waals surface area contributed by atoms with Crippen molar-refractivity contribution in [2.45, 2.75) is 58.0 Å². The Morgan fingerprint density at radius 1 is 1.27 bits per heavy atom. The number of aromatic nitrogens is 4. The number of hydrogen-bond donors (Lipinski definition) is 1. The highest BCUT2D eigenvalue weighted by atomic mass is 16.2. The van der Waals surface area contributed by atoms with E-state index in [4.69, 9.17) is 0 Å². The summed E-state index contributed by atoms with van der Waals surface area (Å²) < 4.78 is 2.47. The van der Waals surface area contributed by atoms with E-state index >= 15 is 0 Å². The predicted octanol–water partition coefficient (Wildman–Crippen LogP) is 1.15. The summed E-state index contributed by atoms with van der Waals surface area (Å²) in [6.07, 6.45) is 5.73. The Morgan fingerprint density at radius 3 is 2.64 bits per heavy atom. The van der Waals surface area contributed by atoms with E-state index in [-0.39, 0.29) is 12.1 Å². The second-order valence-electron chi connectivity index (χ2n) is 5.82. The molecule has 1 fully saturated rings. The van der Waals surface area contributed by atoms with Gasteiger partial charge < -0.3 is 9.78 Å². The van der Waals surface area contributed by atoms with Crippen LogP contribution in [-0.4, -0.2) is 25.4 Å². The van der Waals surface area contributed by atoms with Crippen molar-refractivity contribution in [1.29, 1.82) is 0 Å². The van der Waals surface area contributed by atoms with Crippen LogP contribution in [0.2, 0.25) is 0 Å². The molecule has 0 aliphatic heterocycles. The Bertz CT molecular complexity index is 809. The number of carbonyl (C=O) groups excluding carboxylic acids is 1. The van der Waals surface area contributed by atoms with Crippen molar-refractivity contribution in [2.75, 3.05) is 0 Å². The normalized spacial score (nSPS) is 15.7. The molecule has 3 rings (SSSR count). The highest BCUT2D eigenvalue weighted by Gasteiger charge is 2.23. The first kappa shape index (κ1) is 14.7. The lowest BCUT2D eigenvalue weighted by Crippen LogP contribution is -2.40. The third-order valence-corrected chi connectivity index (χ3v) is 4.33. The van der Waals surface area contributed by atoms with Gasteiger partial charge in [-0.25, -0.2) is 9.78 Å². The summed E-state index contributed by atoms with van der Waals surface area (Å²) in [7, 11) is 0. The molecule has 2 heterocycles. The zero-order valence-corrected chi connectivity index (χ0v) is 12.7. The lowest BCUT2D eigenvalue weighted by atomic mass is 10.1. The Hall–Kier alpha value is -2.18. The molecule has 22 heavy (non-hydrogen) atoms. The van der Waals surface area contributed by atoms with E-state index in [9.17, 15) is 14.4 Å². The summed E-state index contributed by atoms with van der Waals surface area (Å²) in [6, 6.07) is 0. The lowest BCUT2D eigenvalue weighted by Gasteiger charge is -2.07. The molecule has 2 aromatic heterocycles. The number of rotatable bonds is 5. The number of H-pyrrole nitrogens is 1. The fourth-order valence-corrected chi connectivity index (χ4v) is 3.24. The second kappa shape index (κ2) is 5.90. The Labute approximate surface area is 127 Å². The minimum Gasteiger partial charge on any atom is -0.336 e. The number of aldehydes is 1. The number of fused-ring (bicyclic) bond motifs is 1. The molecule has 7 nitrogen and oxygen atoms in total. The number of imidazole rings is 1. The zero-order chi connectivity index (χ0) is 15.7. The minimum absolute atomic E-state index is 0.0890. The van der Waals surface area contributed by atoms with Crippen molar-refractivity contribution >= 4 is 17.5 Å². The molecule has 0 atom stereocenters. The van der Waals surface area contributed by atoms with Crippen LogP contribution in [0, 0.1) is 0 Å². The smallest absolute Gasteiger partial charge is 0.333 e. The van der Waals surface area contributed by atoms with E-state index in [1.807, 2.05) is 6.92 Å². The minimum atomic E-state index is -0.462. The van der Waals surface area contributed by atoms with Crippen molar-refractivity contribution in [3.05, 3.63) is 26.7 Å². The van der Waals surface area contributed by atoms with Gasteiger partial charge in [0, 0.05) is 12.5 Å². The van der Waals surface area contributed by atoms with E-state index in [0.717, 1.165) is 31.5 Å². The average Bonchev–Trinajstić information content (AvgIpc) is 3.16. The lowest BCUT2D eigenvalue weighted by molar-refractivity contribution is -0.108. The van der Waals surface area contributed by atoms with Crippen molar-refractivity contribution in [3.63, 3.8) is 0 Å². The number of carbonyl (C=O) groups is 1. The maximum Gasteiger partial charge on any atom is 0.333 e. The van der Waals surface area contributed by atoms with Gasteiger partial charge in [-0.1, -0.05) is 19.8 Å². The van der Waals surface area contributed by atoms with E-state index in [1.165, 1.54) is 9.13 Å². The molecule has 0 radical (unpaired) electrons. The summed E-state index contributed by atoms with van der Waals surface area (Å²) in [5.74, 6) is 1.07. The summed E-state index contributed by atoms with van der Waals surface area (Å²) >= 11 is 0. The molecule has 0 aromatic carbocycles. The highest BCUT2D eigenvalue weighted by Crippen LogP contribution is 2.32. The van der Waals surface area contributed by atoms with Gasteiger partial charge in [0.15, 0.2) is 5.65 Å². The molecule has 118 valence electrons. The molecule has 0 spiro atoms. The fourth-order valence-electron chi connectivity index (χ4n) is 3.24. The predicted molar refractivity (Wildman–Crippen MR) is 82.2 cm³/mol. The standard InChI is InChI=1S/C15H20N4O3/c1-2-7-19-14(21)11-13(18(8-9-20)15(19)22)17-12(16-11)10-5-3-4-6-10/h9-10H,2-8H2,1H3,(H,16,17). The van der Waals surface area contributed by atoms with Crippen molar-refractivity contribution in [2.24, 2.45) is 0 Å². The molecule has 2 aromatic rings. The molecule has 7 heteroatoms. The molecule has 0 amide bonds. The molecule has 0 unspecified atom stereocenters. The van der Waals surface area contributed by atoms with Crippen LogP contribution in [0.25, 0.3) is 11.2 Å². The Morgan fingerprint density at radius 2 is 2.00 bits per heavy atom. The zero-order valence-electron chi connectivity index (χ0n) is 12.7. The second-order valence-corrected chi connectivity index (χ2v) is 5.82. The van der Waals surface area contributed by atoms with Gasteiger partial charge >= 0.3 is 5.69 Å².